The lowest BCUT2D eigenvalue weighted by molar-refractivity contribution is 0.149. The van der Waals surface area contributed by atoms with Crippen LogP contribution in [-0.2, 0) is 6.54 Å². The van der Waals surface area contributed by atoms with Gasteiger partial charge in [-0.1, -0.05) is 19.9 Å². The molecule has 0 saturated carbocycles. The lowest BCUT2D eigenvalue weighted by atomic mass is 10.2. The summed E-state index contributed by atoms with van der Waals surface area (Å²) in [6.45, 7) is 12.0. The molecule has 1 aliphatic heterocycles. The van der Waals surface area contributed by atoms with Gasteiger partial charge in [-0.15, -0.1) is 11.3 Å². The summed E-state index contributed by atoms with van der Waals surface area (Å²) in [4.78, 5) is 22.7. The second-order valence-corrected chi connectivity index (χ2v) is 9.11. The number of aryl methyl sites for hydroxylation is 1. The highest BCUT2D eigenvalue weighted by molar-refractivity contribution is 7.15. The summed E-state index contributed by atoms with van der Waals surface area (Å²) in [5.74, 6) is 1.09. The second kappa shape index (κ2) is 10.0. The van der Waals surface area contributed by atoms with Gasteiger partial charge in [0.25, 0.3) is 0 Å². The number of nitrogens with zero attached hydrogens (tertiary/aromatic N) is 3. The zero-order chi connectivity index (χ0) is 20.8. The van der Waals surface area contributed by atoms with E-state index in [2.05, 4.69) is 46.3 Å². The Morgan fingerprint density at radius 1 is 1.24 bits per heavy atom. The molecular formula is C21H31N5O2S. The number of benzene rings is 1. The molecule has 0 aliphatic carbocycles. The van der Waals surface area contributed by atoms with E-state index in [9.17, 15) is 4.79 Å². The van der Waals surface area contributed by atoms with Gasteiger partial charge in [-0.2, -0.15) is 0 Å². The molecule has 1 aromatic carbocycles. The summed E-state index contributed by atoms with van der Waals surface area (Å²) >= 11 is 1.52. The van der Waals surface area contributed by atoms with Gasteiger partial charge in [0.1, 0.15) is 5.75 Å². The van der Waals surface area contributed by atoms with Crippen molar-refractivity contribution in [2.75, 3.05) is 50.5 Å². The summed E-state index contributed by atoms with van der Waals surface area (Å²) in [6.07, 6.45) is 1.85. The molecule has 0 unspecified atom stereocenters. The molecule has 158 valence electrons. The average Bonchev–Trinajstić information content (AvgIpc) is 3.10. The van der Waals surface area contributed by atoms with E-state index >= 15 is 0 Å². The minimum atomic E-state index is -0.316. The number of hydrogen-bond donors (Lipinski definition) is 2. The topological polar surface area (TPSA) is 69.7 Å². The van der Waals surface area contributed by atoms with Gasteiger partial charge < -0.3 is 15.0 Å². The third-order valence-electron chi connectivity index (χ3n) is 4.71. The minimum Gasteiger partial charge on any atom is -0.491 e. The Morgan fingerprint density at radius 3 is 2.72 bits per heavy atom. The maximum Gasteiger partial charge on any atom is 0.325 e. The first-order valence-electron chi connectivity index (χ1n) is 10.1. The van der Waals surface area contributed by atoms with Crippen LogP contribution in [0.3, 0.4) is 0 Å². The Kier molecular flexibility index (Phi) is 7.46. The molecule has 8 heteroatoms. The summed E-state index contributed by atoms with van der Waals surface area (Å²) in [6, 6.07) is 5.44. The monoisotopic (exact) mass is 417 g/mol. The number of hydrogen-bond acceptors (Lipinski definition) is 6. The standard InChI is InChI=1S/C21H31N5O2S/c1-15(2)14-28-19-11-16(3)5-6-18(19)23-20(27)24-21-22-12-17(29-21)13-26-9-7-25(4)8-10-26/h5-6,11-12,15H,7-10,13-14H2,1-4H3,(H2,22,23,24,27). The molecule has 1 fully saturated rings. The number of rotatable bonds is 7. The van der Waals surface area contributed by atoms with Crippen molar-refractivity contribution in [3.05, 3.63) is 34.8 Å². The van der Waals surface area contributed by atoms with Crippen LogP contribution in [0, 0.1) is 12.8 Å². The van der Waals surface area contributed by atoms with Crippen LogP contribution in [0.1, 0.15) is 24.3 Å². The Labute approximate surface area is 177 Å². The van der Waals surface area contributed by atoms with Crippen molar-refractivity contribution in [1.82, 2.24) is 14.8 Å². The molecule has 1 aliphatic rings. The first kappa shape index (κ1) is 21.5. The molecule has 0 radical (unpaired) electrons. The number of carbonyl (C=O) groups excluding carboxylic acids is 1. The maximum absolute atomic E-state index is 12.5. The molecule has 0 atom stereocenters. The van der Waals surface area contributed by atoms with Crippen molar-refractivity contribution >= 4 is 28.2 Å². The minimum absolute atomic E-state index is 0.316. The summed E-state index contributed by atoms with van der Waals surface area (Å²) in [7, 11) is 2.15. The zero-order valence-corrected chi connectivity index (χ0v) is 18.5. The van der Waals surface area contributed by atoms with E-state index in [0.717, 1.165) is 43.2 Å². The van der Waals surface area contributed by atoms with Gasteiger partial charge in [0.2, 0.25) is 0 Å². The molecule has 0 spiro atoms. The third kappa shape index (κ3) is 6.69. The van der Waals surface area contributed by atoms with Crippen molar-refractivity contribution in [3.8, 4) is 5.75 Å². The quantitative estimate of drug-likeness (QED) is 0.716. The number of carbonyl (C=O) groups is 1. The highest BCUT2D eigenvalue weighted by Crippen LogP contribution is 2.27. The van der Waals surface area contributed by atoms with Gasteiger partial charge in [0, 0.05) is 43.8 Å². The van der Waals surface area contributed by atoms with Crippen LogP contribution in [0.25, 0.3) is 0 Å². The number of likely N-dealkylation sites (N-methyl/N-ethyl adjacent to an activating group) is 1. The second-order valence-electron chi connectivity index (χ2n) is 7.99. The highest BCUT2D eigenvalue weighted by Gasteiger charge is 2.16. The molecule has 2 aromatic rings. The third-order valence-corrected chi connectivity index (χ3v) is 5.60. The van der Waals surface area contributed by atoms with Gasteiger partial charge in [0.15, 0.2) is 5.13 Å². The van der Waals surface area contributed by atoms with Gasteiger partial charge in [-0.05, 0) is 37.6 Å². The number of ether oxygens (including phenoxy) is 1. The Balaban J connectivity index is 1.55. The number of thiazole rings is 1. The predicted octanol–water partition coefficient (Wildman–Crippen LogP) is 3.88. The Bertz CT molecular complexity index is 815. The normalized spacial score (nSPS) is 15.5. The molecule has 7 nitrogen and oxygen atoms in total. The van der Waals surface area contributed by atoms with Crippen LogP contribution < -0.4 is 15.4 Å². The number of piperazine rings is 1. The van der Waals surface area contributed by atoms with Gasteiger partial charge >= 0.3 is 6.03 Å². The smallest absolute Gasteiger partial charge is 0.325 e. The van der Waals surface area contributed by atoms with Gasteiger partial charge in [-0.25, -0.2) is 9.78 Å². The van der Waals surface area contributed by atoms with E-state index in [1.54, 1.807) is 0 Å². The van der Waals surface area contributed by atoms with Gasteiger partial charge in [0.05, 0.1) is 12.3 Å². The first-order valence-corrected chi connectivity index (χ1v) is 10.9. The van der Waals surface area contributed by atoms with E-state index < -0.39 is 0 Å². The van der Waals surface area contributed by atoms with Crippen LogP contribution in [0.4, 0.5) is 15.6 Å². The fraction of sp³-hybridized carbons (Fsp3) is 0.524. The fourth-order valence-corrected chi connectivity index (χ4v) is 3.87. The molecule has 2 N–H and O–H groups in total. The fourth-order valence-electron chi connectivity index (χ4n) is 3.02. The molecule has 0 bridgehead atoms. The number of anilines is 2. The largest absolute Gasteiger partial charge is 0.491 e. The highest BCUT2D eigenvalue weighted by atomic mass is 32.1. The average molecular weight is 418 g/mol. The Hall–Kier alpha value is -2.16. The van der Waals surface area contributed by atoms with E-state index in [1.807, 2.05) is 31.3 Å². The van der Waals surface area contributed by atoms with E-state index in [0.29, 0.717) is 29.1 Å². The van der Waals surface area contributed by atoms with E-state index in [4.69, 9.17) is 4.74 Å². The predicted molar refractivity (Wildman–Crippen MR) is 119 cm³/mol. The van der Waals surface area contributed by atoms with E-state index in [1.165, 1.54) is 11.3 Å². The van der Waals surface area contributed by atoms with Crippen LogP contribution in [0.2, 0.25) is 0 Å². The first-order chi connectivity index (χ1) is 13.9. The van der Waals surface area contributed by atoms with Crippen LogP contribution in [-0.4, -0.2) is 60.6 Å². The molecule has 2 amide bonds. The van der Waals surface area contributed by atoms with Crippen LogP contribution >= 0.6 is 11.3 Å². The summed E-state index contributed by atoms with van der Waals surface area (Å²) < 4.78 is 5.86. The number of amides is 2. The Morgan fingerprint density at radius 2 is 2.00 bits per heavy atom. The zero-order valence-electron chi connectivity index (χ0n) is 17.7. The van der Waals surface area contributed by atoms with Gasteiger partial charge in [-0.3, -0.25) is 10.2 Å². The van der Waals surface area contributed by atoms with Crippen molar-refractivity contribution in [1.29, 1.82) is 0 Å². The SMILES string of the molecule is Cc1ccc(NC(=O)Nc2ncc(CN3CCN(C)CC3)s2)c(OCC(C)C)c1. The number of aromatic nitrogens is 1. The van der Waals surface area contributed by atoms with Crippen molar-refractivity contribution < 1.29 is 9.53 Å². The van der Waals surface area contributed by atoms with Crippen molar-refractivity contribution in [3.63, 3.8) is 0 Å². The van der Waals surface area contributed by atoms with Crippen molar-refractivity contribution in [2.45, 2.75) is 27.3 Å². The molecule has 2 heterocycles. The van der Waals surface area contributed by atoms with Crippen LogP contribution in [0.5, 0.6) is 5.75 Å². The molecule has 29 heavy (non-hydrogen) atoms. The molecule has 1 saturated heterocycles. The lowest BCUT2D eigenvalue weighted by Crippen LogP contribution is -2.43. The summed E-state index contributed by atoms with van der Waals surface area (Å²) in [5.41, 5.74) is 1.74. The molecule has 1 aromatic heterocycles. The van der Waals surface area contributed by atoms with Crippen LogP contribution in [0.15, 0.2) is 24.4 Å². The maximum atomic E-state index is 12.5. The van der Waals surface area contributed by atoms with E-state index in [-0.39, 0.29) is 6.03 Å². The lowest BCUT2D eigenvalue weighted by Gasteiger charge is -2.31. The summed E-state index contributed by atoms with van der Waals surface area (Å²) in [5, 5.41) is 6.32. The molecular weight excluding hydrogens is 386 g/mol. The number of nitrogens with one attached hydrogen (secondary N) is 2. The van der Waals surface area contributed by atoms with Crippen molar-refractivity contribution in [2.24, 2.45) is 5.92 Å². The number of urea groups is 1. The molecule has 3 rings (SSSR count).